The van der Waals surface area contributed by atoms with Crippen LogP contribution in [0.5, 0.6) is 5.75 Å². The van der Waals surface area contributed by atoms with Crippen LogP contribution in [0.2, 0.25) is 0 Å². The first-order valence-electron chi connectivity index (χ1n) is 9.37. The molecule has 7 nitrogen and oxygen atoms in total. The van der Waals surface area contributed by atoms with Crippen molar-refractivity contribution in [2.75, 3.05) is 26.8 Å². The van der Waals surface area contributed by atoms with E-state index in [0.29, 0.717) is 22.1 Å². The molecule has 2 heterocycles. The Hall–Kier alpha value is -2.61. The summed E-state index contributed by atoms with van der Waals surface area (Å²) in [4.78, 5) is 26.6. The second kappa shape index (κ2) is 9.05. The topological polar surface area (TPSA) is 79.9 Å². The van der Waals surface area contributed by atoms with Crippen molar-refractivity contribution >= 4 is 29.2 Å². The van der Waals surface area contributed by atoms with E-state index in [-0.39, 0.29) is 12.5 Å². The standard InChI is InChI=1S/C20H25N3O4S/c1-13-17(19(25)26-2)18(22-20(28)21-13)14-8-4-5-9-15(14)27-12-16(24)23-10-6-3-7-11-23/h4-5,8-9,18H,3,6-7,10-12H2,1-2H3,(H2,21,22,28)/t18-/m1/s1. The van der Waals surface area contributed by atoms with Crippen molar-refractivity contribution < 1.29 is 19.1 Å². The number of allylic oxidation sites excluding steroid dienone is 1. The number of carbonyl (C=O) groups is 2. The van der Waals surface area contributed by atoms with Crippen molar-refractivity contribution in [3.8, 4) is 5.75 Å². The molecule has 0 bridgehead atoms. The third-order valence-electron chi connectivity index (χ3n) is 4.96. The normalized spacial score (nSPS) is 19.6. The smallest absolute Gasteiger partial charge is 0.337 e. The second-order valence-electron chi connectivity index (χ2n) is 6.83. The molecule has 1 aromatic rings. The Bertz CT molecular complexity index is 802. The Morgan fingerprint density at radius 1 is 1.21 bits per heavy atom. The number of hydrogen-bond acceptors (Lipinski definition) is 5. The summed E-state index contributed by atoms with van der Waals surface area (Å²) in [5.74, 6) is 0.0525. The highest BCUT2D eigenvalue weighted by molar-refractivity contribution is 7.80. The number of esters is 1. The van der Waals surface area contributed by atoms with Crippen LogP contribution in [-0.4, -0.2) is 48.7 Å². The van der Waals surface area contributed by atoms with E-state index in [1.54, 1.807) is 13.0 Å². The van der Waals surface area contributed by atoms with Gasteiger partial charge in [-0.1, -0.05) is 18.2 Å². The van der Waals surface area contributed by atoms with Gasteiger partial charge in [0.05, 0.1) is 18.7 Å². The Morgan fingerprint density at radius 2 is 1.93 bits per heavy atom. The number of nitrogens with one attached hydrogen (secondary N) is 2. The minimum atomic E-state index is -0.525. The summed E-state index contributed by atoms with van der Waals surface area (Å²) < 4.78 is 10.8. The van der Waals surface area contributed by atoms with E-state index in [1.807, 2.05) is 23.1 Å². The zero-order valence-corrected chi connectivity index (χ0v) is 16.9. The number of thiocarbonyl (C=S) groups is 1. The minimum Gasteiger partial charge on any atom is -0.483 e. The number of methoxy groups -OCH3 is 1. The molecule has 2 N–H and O–H groups in total. The molecule has 0 aromatic heterocycles. The summed E-state index contributed by atoms with van der Waals surface area (Å²) in [7, 11) is 1.34. The quantitative estimate of drug-likeness (QED) is 0.575. The zero-order valence-electron chi connectivity index (χ0n) is 16.1. The third-order valence-corrected chi connectivity index (χ3v) is 5.18. The van der Waals surface area contributed by atoms with Gasteiger partial charge in [-0.25, -0.2) is 4.79 Å². The van der Waals surface area contributed by atoms with Crippen LogP contribution < -0.4 is 15.4 Å². The van der Waals surface area contributed by atoms with E-state index < -0.39 is 12.0 Å². The number of benzene rings is 1. The molecular weight excluding hydrogens is 378 g/mol. The van der Waals surface area contributed by atoms with Crippen molar-refractivity contribution in [1.82, 2.24) is 15.5 Å². The van der Waals surface area contributed by atoms with Crippen LogP contribution in [0.25, 0.3) is 0 Å². The van der Waals surface area contributed by atoms with Crippen LogP contribution in [0.1, 0.15) is 37.8 Å². The fourth-order valence-electron chi connectivity index (χ4n) is 3.53. The lowest BCUT2D eigenvalue weighted by molar-refractivity contribution is -0.137. The van der Waals surface area contributed by atoms with Crippen molar-refractivity contribution in [2.24, 2.45) is 0 Å². The Kier molecular flexibility index (Phi) is 6.51. The van der Waals surface area contributed by atoms with Crippen molar-refractivity contribution in [2.45, 2.75) is 32.2 Å². The van der Waals surface area contributed by atoms with Crippen LogP contribution in [0, 0.1) is 0 Å². The summed E-state index contributed by atoms with van der Waals surface area (Å²) in [6.07, 6.45) is 3.23. The molecule has 0 radical (unpaired) electrons. The SMILES string of the molecule is COC(=O)C1=C(C)NC(=S)N[C@@H]1c1ccccc1OCC(=O)N1CCCCC1. The third kappa shape index (κ3) is 4.44. The maximum Gasteiger partial charge on any atom is 0.337 e. The first-order chi connectivity index (χ1) is 13.5. The Balaban J connectivity index is 1.82. The molecule has 2 aliphatic rings. The first kappa shape index (κ1) is 20.1. The number of ether oxygens (including phenoxy) is 2. The van der Waals surface area contributed by atoms with Gasteiger partial charge in [-0.3, -0.25) is 4.79 Å². The fourth-order valence-corrected chi connectivity index (χ4v) is 3.80. The van der Waals surface area contributed by atoms with Gasteiger partial charge >= 0.3 is 5.97 Å². The van der Waals surface area contributed by atoms with Crippen LogP contribution in [0.15, 0.2) is 35.5 Å². The molecule has 3 rings (SSSR count). The van der Waals surface area contributed by atoms with Crippen molar-refractivity contribution in [3.05, 3.63) is 41.1 Å². The predicted octanol–water partition coefficient (Wildman–Crippen LogP) is 2.04. The molecule has 28 heavy (non-hydrogen) atoms. The van der Waals surface area contributed by atoms with Gasteiger partial charge in [0, 0.05) is 24.4 Å². The largest absolute Gasteiger partial charge is 0.483 e. The van der Waals surface area contributed by atoms with E-state index in [2.05, 4.69) is 10.6 Å². The summed E-state index contributed by atoms with van der Waals surface area (Å²) in [5.41, 5.74) is 1.77. The van der Waals surface area contributed by atoms with Gasteiger partial charge in [-0.2, -0.15) is 0 Å². The highest BCUT2D eigenvalue weighted by Crippen LogP contribution is 2.33. The molecule has 2 aliphatic heterocycles. The number of piperidine rings is 1. The van der Waals surface area contributed by atoms with Gasteiger partial charge in [-0.15, -0.1) is 0 Å². The lowest BCUT2D eigenvalue weighted by Gasteiger charge is -2.31. The molecule has 1 saturated heterocycles. The van der Waals surface area contributed by atoms with E-state index >= 15 is 0 Å². The average molecular weight is 404 g/mol. The predicted molar refractivity (Wildman–Crippen MR) is 109 cm³/mol. The molecule has 0 aliphatic carbocycles. The average Bonchev–Trinajstić information content (AvgIpc) is 2.71. The molecular formula is C20H25N3O4S. The number of likely N-dealkylation sites (tertiary alicyclic amines) is 1. The number of rotatable bonds is 5. The minimum absolute atomic E-state index is 0.0248. The molecule has 1 aromatic carbocycles. The van der Waals surface area contributed by atoms with Crippen LogP contribution in [0.3, 0.4) is 0 Å². The first-order valence-corrected chi connectivity index (χ1v) is 9.78. The number of amides is 1. The van der Waals surface area contributed by atoms with E-state index in [4.69, 9.17) is 21.7 Å². The van der Waals surface area contributed by atoms with Gasteiger partial charge in [0.2, 0.25) is 0 Å². The molecule has 0 spiro atoms. The highest BCUT2D eigenvalue weighted by Gasteiger charge is 2.32. The fraction of sp³-hybridized carbons (Fsp3) is 0.450. The Labute approximate surface area is 170 Å². The summed E-state index contributed by atoms with van der Waals surface area (Å²) in [6.45, 7) is 3.29. The molecule has 1 fully saturated rings. The van der Waals surface area contributed by atoms with Gasteiger partial charge in [0.25, 0.3) is 5.91 Å². The monoisotopic (exact) mass is 403 g/mol. The van der Waals surface area contributed by atoms with Crippen LogP contribution >= 0.6 is 12.2 Å². The number of hydrogen-bond donors (Lipinski definition) is 2. The van der Waals surface area contributed by atoms with Crippen molar-refractivity contribution in [3.63, 3.8) is 0 Å². The lowest BCUT2D eigenvalue weighted by atomic mass is 9.95. The van der Waals surface area contributed by atoms with Gasteiger partial charge in [-0.05, 0) is 44.5 Å². The second-order valence-corrected chi connectivity index (χ2v) is 7.24. The lowest BCUT2D eigenvalue weighted by Crippen LogP contribution is -2.45. The molecule has 8 heteroatoms. The molecule has 150 valence electrons. The summed E-state index contributed by atoms with van der Waals surface area (Å²) in [5, 5.41) is 6.47. The van der Waals surface area contributed by atoms with Gasteiger partial charge in [0.1, 0.15) is 5.75 Å². The molecule has 0 unspecified atom stereocenters. The van der Waals surface area contributed by atoms with Gasteiger partial charge < -0.3 is 25.0 Å². The van der Waals surface area contributed by atoms with Gasteiger partial charge in [0.15, 0.2) is 11.7 Å². The molecule has 1 amide bonds. The molecule has 0 saturated carbocycles. The number of nitrogens with zero attached hydrogens (tertiary/aromatic N) is 1. The van der Waals surface area contributed by atoms with E-state index in [9.17, 15) is 9.59 Å². The number of carbonyl (C=O) groups excluding carboxylic acids is 2. The van der Waals surface area contributed by atoms with E-state index in [0.717, 1.165) is 37.9 Å². The molecule has 1 atom stereocenters. The maximum absolute atomic E-state index is 12.5. The number of para-hydroxylation sites is 1. The Morgan fingerprint density at radius 3 is 2.64 bits per heavy atom. The summed E-state index contributed by atoms with van der Waals surface area (Å²) >= 11 is 5.26. The summed E-state index contributed by atoms with van der Waals surface area (Å²) in [6, 6.07) is 6.80. The van der Waals surface area contributed by atoms with E-state index in [1.165, 1.54) is 7.11 Å². The van der Waals surface area contributed by atoms with Crippen LogP contribution in [0.4, 0.5) is 0 Å². The highest BCUT2D eigenvalue weighted by atomic mass is 32.1. The maximum atomic E-state index is 12.5. The van der Waals surface area contributed by atoms with Crippen LogP contribution in [-0.2, 0) is 14.3 Å². The zero-order chi connectivity index (χ0) is 20.1. The van der Waals surface area contributed by atoms with Crippen molar-refractivity contribution in [1.29, 1.82) is 0 Å².